The maximum Gasteiger partial charge on any atom is 0.252 e. The maximum absolute atomic E-state index is 13.1. The molecule has 0 saturated carbocycles. The van der Waals surface area contributed by atoms with Crippen LogP contribution in [0.25, 0.3) is 0 Å². The molecule has 7 nitrogen and oxygen atoms in total. The van der Waals surface area contributed by atoms with Gasteiger partial charge in [-0.05, 0) is 36.6 Å². The summed E-state index contributed by atoms with van der Waals surface area (Å²) in [7, 11) is -1.72. The van der Waals surface area contributed by atoms with Crippen LogP contribution >= 0.6 is 0 Å². The third-order valence-electron chi connectivity index (χ3n) is 5.32. The first-order valence-electron chi connectivity index (χ1n) is 9.90. The summed E-state index contributed by atoms with van der Waals surface area (Å²) in [6.45, 7) is 1.04. The molecule has 0 bridgehead atoms. The van der Waals surface area contributed by atoms with Crippen molar-refractivity contribution in [3.8, 4) is 0 Å². The predicted octanol–water partition coefficient (Wildman–Crippen LogP) is 2.72. The molecule has 3 aromatic rings. The lowest BCUT2D eigenvalue weighted by Crippen LogP contribution is -2.31. The van der Waals surface area contributed by atoms with E-state index in [1.165, 1.54) is 16.4 Å². The highest BCUT2D eigenvalue weighted by atomic mass is 32.2. The molecular formula is C22H24N4O3S. The third-order valence-corrected chi connectivity index (χ3v) is 7.22. The summed E-state index contributed by atoms with van der Waals surface area (Å²) in [5.74, 6) is 0.334. The standard InChI is InChI=1S/C22H24N4O3S/c1-25-15-12-23-21(25)20(17-8-3-2-4-9-17)24-22(27)18-10-7-11-19(16-18)30(28,29)26-13-5-6-14-26/h2-4,7-12,15-16,20H,5-6,13-14H2,1H3,(H,24,27). The second kappa shape index (κ2) is 8.41. The van der Waals surface area contributed by atoms with E-state index in [0.29, 0.717) is 24.5 Å². The lowest BCUT2D eigenvalue weighted by Gasteiger charge is -2.20. The summed E-state index contributed by atoms with van der Waals surface area (Å²) in [4.78, 5) is 17.6. The Morgan fingerprint density at radius 2 is 1.80 bits per heavy atom. The van der Waals surface area contributed by atoms with E-state index in [2.05, 4.69) is 10.3 Å². The Balaban J connectivity index is 1.63. The number of sulfonamides is 1. The molecule has 1 fully saturated rings. The van der Waals surface area contributed by atoms with Gasteiger partial charge in [0, 0.05) is 38.1 Å². The van der Waals surface area contributed by atoms with Crippen molar-refractivity contribution in [2.45, 2.75) is 23.8 Å². The monoisotopic (exact) mass is 424 g/mol. The normalized spacial score (nSPS) is 15.8. The van der Waals surface area contributed by atoms with E-state index in [0.717, 1.165) is 18.4 Å². The number of carbonyl (C=O) groups excluding carboxylic acids is 1. The number of carbonyl (C=O) groups is 1. The van der Waals surface area contributed by atoms with Crippen molar-refractivity contribution in [2.24, 2.45) is 7.05 Å². The first kappa shape index (κ1) is 20.3. The average molecular weight is 425 g/mol. The van der Waals surface area contributed by atoms with E-state index in [1.54, 1.807) is 18.3 Å². The molecule has 2 heterocycles. The first-order valence-corrected chi connectivity index (χ1v) is 11.3. The highest BCUT2D eigenvalue weighted by molar-refractivity contribution is 7.89. The van der Waals surface area contributed by atoms with Crippen LogP contribution in [-0.4, -0.2) is 41.3 Å². The van der Waals surface area contributed by atoms with Gasteiger partial charge >= 0.3 is 0 Å². The average Bonchev–Trinajstić information content (AvgIpc) is 3.45. The third kappa shape index (κ3) is 4.01. The molecule has 1 atom stereocenters. The maximum atomic E-state index is 13.1. The van der Waals surface area contributed by atoms with Gasteiger partial charge in [-0.3, -0.25) is 4.79 Å². The SMILES string of the molecule is Cn1ccnc1C(NC(=O)c1cccc(S(=O)(=O)N2CCCC2)c1)c1ccccc1. The highest BCUT2D eigenvalue weighted by Crippen LogP contribution is 2.23. The molecule has 1 unspecified atom stereocenters. The number of benzene rings is 2. The summed E-state index contributed by atoms with van der Waals surface area (Å²) >= 11 is 0. The molecule has 1 N–H and O–H groups in total. The Labute approximate surface area is 176 Å². The predicted molar refractivity (Wildman–Crippen MR) is 113 cm³/mol. The van der Waals surface area contributed by atoms with Crippen molar-refractivity contribution in [1.82, 2.24) is 19.2 Å². The molecule has 0 radical (unpaired) electrons. The van der Waals surface area contributed by atoms with E-state index in [1.807, 2.05) is 48.1 Å². The van der Waals surface area contributed by atoms with Gasteiger partial charge in [0.2, 0.25) is 10.0 Å². The molecular weight excluding hydrogens is 400 g/mol. The molecule has 156 valence electrons. The minimum absolute atomic E-state index is 0.144. The lowest BCUT2D eigenvalue weighted by atomic mass is 10.1. The molecule has 1 aliphatic rings. The zero-order valence-corrected chi connectivity index (χ0v) is 17.5. The molecule has 30 heavy (non-hydrogen) atoms. The number of nitrogens with zero attached hydrogens (tertiary/aromatic N) is 3. The largest absolute Gasteiger partial charge is 0.338 e. The highest BCUT2D eigenvalue weighted by Gasteiger charge is 2.28. The van der Waals surface area contributed by atoms with Crippen LogP contribution in [0.4, 0.5) is 0 Å². The minimum Gasteiger partial charge on any atom is -0.338 e. The number of aromatic nitrogens is 2. The molecule has 4 rings (SSSR count). The zero-order chi connectivity index (χ0) is 21.1. The second-order valence-corrected chi connectivity index (χ2v) is 9.29. The number of hydrogen-bond acceptors (Lipinski definition) is 4. The summed E-state index contributed by atoms with van der Waals surface area (Å²) < 4.78 is 29.1. The summed E-state index contributed by atoms with van der Waals surface area (Å²) in [5.41, 5.74) is 1.19. The fraction of sp³-hybridized carbons (Fsp3) is 0.273. The minimum atomic E-state index is -3.59. The Bertz CT molecular complexity index is 1140. The molecule has 1 aliphatic heterocycles. The lowest BCUT2D eigenvalue weighted by molar-refractivity contribution is 0.0941. The molecule has 2 aromatic carbocycles. The van der Waals surface area contributed by atoms with E-state index >= 15 is 0 Å². The molecule has 0 aliphatic carbocycles. The Morgan fingerprint density at radius 1 is 1.07 bits per heavy atom. The van der Waals surface area contributed by atoms with E-state index < -0.39 is 16.1 Å². The fourth-order valence-electron chi connectivity index (χ4n) is 3.69. The Morgan fingerprint density at radius 3 is 2.47 bits per heavy atom. The van der Waals surface area contributed by atoms with Crippen molar-refractivity contribution in [3.05, 3.63) is 83.9 Å². The van der Waals surface area contributed by atoms with Crippen molar-refractivity contribution in [2.75, 3.05) is 13.1 Å². The molecule has 0 spiro atoms. The topological polar surface area (TPSA) is 84.3 Å². The zero-order valence-electron chi connectivity index (χ0n) is 16.7. The summed E-state index contributed by atoms with van der Waals surface area (Å²) in [6.07, 6.45) is 5.23. The number of hydrogen-bond donors (Lipinski definition) is 1. The quantitative estimate of drug-likeness (QED) is 0.659. The van der Waals surface area contributed by atoms with Crippen molar-refractivity contribution in [1.29, 1.82) is 0 Å². The van der Waals surface area contributed by atoms with Crippen LogP contribution in [0.5, 0.6) is 0 Å². The summed E-state index contributed by atoms with van der Waals surface area (Å²) in [6, 6.07) is 15.3. The van der Waals surface area contributed by atoms with Crippen LogP contribution in [0, 0.1) is 0 Å². The summed E-state index contributed by atoms with van der Waals surface area (Å²) in [5, 5.41) is 3.01. The molecule has 1 aromatic heterocycles. The first-order chi connectivity index (χ1) is 14.5. The molecule has 1 amide bonds. The number of imidazole rings is 1. The number of rotatable bonds is 6. The van der Waals surface area contributed by atoms with E-state index in [9.17, 15) is 13.2 Å². The van der Waals surface area contributed by atoms with Crippen molar-refractivity contribution >= 4 is 15.9 Å². The van der Waals surface area contributed by atoms with Crippen molar-refractivity contribution < 1.29 is 13.2 Å². The van der Waals surface area contributed by atoms with Crippen LogP contribution < -0.4 is 5.32 Å². The fourth-order valence-corrected chi connectivity index (χ4v) is 5.25. The second-order valence-electron chi connectivity index (χ2n) is 7.35. The van der Waals surface area contributed by atoms with Crippen LogP contribution in [0.3, 0.4) is 0 Å². The van der Waals surface area contributed by atoms with Crippen LogP contribution in [0.1, 0.15) is 40.6 Å². The van der Waals surface area contributed by atoms with Gasteiger partial charge in [-0.2, -0.15) is 4.31 Å². The van der Waals surface area contributed by atoms with Crippen molar-refractivity contribution in [3.63, 3.8) is 0 Å². The number of aryl methyl sites for hydroxylation is 1. The van der Waals surface area contributed by atoms with Gasteiger partial charge in [-0.25, -0.2) is 13.4 Å². The Kier molecular flexibility index (Phi) is 5.69. The number of nitrogens with one attached hydrogen (secondary N) is 1. The van der Waals surface area contributed by atoms with Gasteiger partial charge in [0.05, 0.1) is 4.90 Å². The van der Waals surface area contributed by atoms with E-state index in [4.69, 9.17) is 0 Å². The Hall–Kier alpha value is -2.97. The van der Waals surface area contributed by atoms with Crippen LogP contribution in [0.2, 0.25) is 0 Å². The van der Waals surface area contributed by atoms with Gasteiger partial charge in [0.1, 0.15) is 11.9 Å². The van der Waals surface area contributed by atoms with Gasteiger partial charge in [-0.15, -0.1) is 0 Å². The van der Waals surface area contributed by atoms with Gasteiger partial charge in [0.15, 0.2) is 0 Å². The van der Waals surface area contributed by atoms with Gasteiger partial charge in [-0.1, -0.05) is 36.4 Å². The molecule has 1 saturated heterocycles. The smallest absolute Gasteiger partial charge is 0.252 e. The van der Waals surface area contributed by atoms with E-state index in [-0.39, 0.29) is 10.8 Å². The van der Waals surface area contributed by atoms with Crippen LogP contribution in [0.15, 0.2) is 71.9 Å². The number of amides is 1. The van der Waals surface area contributed by atoms with Gasteiger partial charge < -0.3 is 9.88 Å². The van der Waals surface area contributed by atoms with Crippen LogP contribution in [-0.2, 0) is 17.1 Å². The van der Waals surface area contributed by atoms with Gasteiger partial charge in [0.25, 0.3) is 5.91 Å². The molecule has 8 heteroatoms.